The number of nitrogens with zero attached hydrogens (tertiary/aromatic N) is 3. The first kappa shape index (κ1) is 30.2. The highest BCUT2D eigenvalue weighted by atomic mass is 19.4. The van der Waals surface area contributed by atoms with Crippen LogP contribution in [0.5, 0.6) is 0 Å². The molecular weight excluding hydrogens is 533 g/mol. The SMILES string of the molecule is CNC(=O)c1cc(CNCc2cc(NC(=O)c3cc(CN4CCN(C)CC4)cc(C(F)(F)F)c3)ccc2C)ccn1. The first-order valence-electron chi connectivity index (χ1n) is 13.4. The van der Waals surface area contributed by atoms with E-state index in [9.17, 15) is 22.8 Å². The standard InChI is InChI=1S/C30H35F3N6O2/c1-20-4-5-26(16-24(20)18-35-17-21-6-7-36-27(14-21)29(41)34-2)37-28(40)23-12-22(13-25(15-23)30(31,32)33)19-39-10-8-38(3)9-11-39/h4-7,12-16,35H,8-11,17-19H2,1-3H3,(H,34,41)(H,37,40). The van der Waals surface area contributed by atoms with Gasteiger partial charge in [0.1, 0.15) is 5.69 Å². The minimum Gasteiger partial charge on any atom is -0.354 e. The Hall–Kier alpha value is -3.80. The Morgan fingerprint density at radius 2 is 1.68 bits per heavy atom. The number of likely N-dealkylation sites (N-methyl/N-ethyl adjacent to an activating group) is 1. The fourth-order valence-corrected chi connectivity index (χ4v) is 4.66. The number of aryl methyl sites for hydroxylation is 1. The third kappa shape index (κ3) is 8.35. The molecule has 1 aromatic heterocycles. The zero-order chi connectivity index (χ0) is 29.6. The normalized spacial score (nSPS) is 14.6. The monoisotopic (exact) mass is 568 g/mol. The van der Waals surface area contributed by atoms with E-state index < -0.39 is 17.6 Å². The topological polar surface area (TPSA) is 89.6 Å². The maximum absolute atomic E-state index is 13.7. The molecule has 1 aliphatic heterocycles. The van der Waals surface area contributed by atoms with Crippen molar-refractivity contribution in [3.8, 4) is 0 Å². The number of nitrogens with one attached hydrogen (secondary N) is 3. The Balaban J connectivity index is 1.44. The molecule has 0 radical (unpaired) electrons. The van der Waals surface area contributed by atoms with E-state index in [1.807, 2.05) is 32.2 Å². The fraction of sp³-hybridized carbons (Fsp3) is 0.367. The Morgan fingerprint density at radius 1 is 0.927 bits per heavy atom. The van der Waals surface area contributed by atoms with Crippen LogP contribution < -0.4 is 16.0 Å². The minimum absolute atomic E-state index is 0.0335. The van der Waals surface area contributed by atoms with Gasteiger partial charge in [0.2, 0.25) is 0 Å². The molecule has 0 saturated carbocycles. The number of hydrogen-bond donors (Lipinski definition) is 3. The largest absolute Gasteiger partial charge is 0.416 e. The van der Waals surface area contributed by atoms with Gasteiger partial charge in [-0.25, -0.2) is 0 Å². The average Bonchev–Trinajstić information content (AvgIpc) is 2.95. The third-order valence-corrected chi connectivity index (χ3v) is 7.12. The second-order valence-corrected chi connectivity index (χ2v) is 10.3. The van der Waals surface area contributed by atoms with Gasteiger partial charge in [-0.05, 0) is 78.7 Å². The second kappa shape index (κ2) is 13.2. The van der Waals surface area contributed by atoms with Crippen molar-refractivity contribution < 1.29 is 22.8 Å². The number of aromatic nitrogens is 1. The van der Waals surface area contributed by atoms with Gasteiger partial charge in [0, 0.05) is 70.3 Å². The van der Waals surface area contributed by atoms with E-state index >= 15 is 0 Å². The van der Waals surface area contributed by atoms with Crippen LogP contribution in [-0.4, -0.2) is 66.9 Å². The van der Waals surface area contributed by atoms with Crippen molar-refractivity contribution in [3.63, 3.8) is 0 Å². The van der Waals surface area contributed by atoms with Gasteiger partial charge in [0.15, 0.2) is 0 Å². The molecule has 4 rings (SSSR count). The number of alkyl halides is 3. The number of rotatable bonds is 9. The highest BCUT2D eigenvalue weighted by Crippen LogP contribution is 2.31. The Kier molecular flexibility index (Phi) is 9.74. The molecule has 0 unspecified atom stereocenters. The molecule has 0 bridgehead atoms. The molecule has 218 valence electrons. The summed E-state index contributed by atoms with van der Waals surface area (Å²) in [4.78, 5) is 33.3. The van der Waals surface area contributed by atoms with Crippen LogP contribution in [0.1, 0.15) is 48.7 Å². The summed E-state index contributed by atoms with van der Waals surface area (Å²) < 4.78 is 41.1. The lowest BCUT2D eigenvalue weighted by Gasteiger charge is -2.32. The summed E-state index contributed by atoms with van der Waals surface area (Å²) in [5.41, 5.74) is 3.20. The number of hydrogen-bond acceptors (Lipinski definition) is 6. The van der Waals surface area contributed by atoms with Crippen molar-refractivity contribution in [2.75, 3.05) is 45.6 Å². The van der Waals surface area contributed by atoms with Crippen molar-refractivity contribution in [3.05, 3.63) is 93.8 Å². The van der Waals surface area contributed by atoms with Crippen molar-refractivity contribution in [1.82, 2.24) is 25.4 Å². The third-order valence-electron chi connectivity index (χ3n) is 7.12. The molecule has 11 heteroatoms. The summed E-state index contributed by atoms with van der Waals surface area (Å²) >= 11 is 0. The second-order valence-electron chi connectivity index (χ2n) is 10.3. The van der Waals surface area contributed by atoms with Crippen LogP contribution in [0.15, 0.2) is 54.7 Å². The smallest absolute Gasteiger partial charge is 0.354 e. The van der Waals surface area contributed by atoms with Gasteiger partial charge in [-0.3, -0.25) is 19.5 Å². The molecular formula is C30H35F3N6O2. The Labute approximate surface area is 237 Å². The average molecular weight is 569 g/mol. The van der Waals surface area contributed by atoms with E-state index in [-0.39, 0.29) is 11.5 Å². The quantitative estimate of drug-likeness (QED) is 0.361. The zero-order valence-electron chi connectivity index (χ0n) is 23.4. The number of halogens is 3. The van der Waals surface area contributed by atoms with E-state index in [0.717, 1.165) is 55.0 Å². The van der Waals surface area contributed by atoms with Gasteiger partial charge in [0.05, 0.1) is 5.56 Å². The lowest BCUT2D eigenvalue weighted by Crippen LogP contribution is -2.43. The summed E-state index contributed by atoms with van der Waals surface area (Å²) in [5.74, 6) is -0.865. The lowest BCUT2D eigenvalue weighted by atomic mass is 10.0. The van der Waals surface area contributed by atoms with Crippen LogP contribution in [0, 0.1) is 6.92 Å². The highest BCUT2D eigenvalue weighted by molar-refractivity contribution is 6.04. The molecule has 0 aliphatic carbocycles. The predicted molar refractivity (Wildman–Crippen MR) is 152 cm³/mol. The van der Waals surface area contributed by atoms with Gasteiger partial charge < -0.3 is 20.9 Å². The van der Waals surface area contributed by atoms with Crippen LogP contribution >= 0.6 is 0 Å². The number of pyridine rings is 1. The molecule has 2 amide bonds. The van der Waals surface area contributed by atoms with Crippen molar-refractivity contribution in [1.29, 1.82) is 0 Å². The number of anilines is 1. The van der Waals surface area contributed by atoms with Crippen LogP contribution in [0.25, 0.3) is 0 Å². The predicted octanol–water partition coefficient (Wildman–Crippen LogP) is 4.06. The van der Waals surface area contributed by atoms with Gasteiger partial charge in [-0.1, -0.05) is 6.07 Å². The van der Waals surface area contributed by atoms with E-state index in [1.54, 1.807) is 31.4 Å². The van der Waals surface area contributed by atoms with Crippen molar-refractivity contribution in [2.45, 2.75) is 32.7 Å². The summed E-state index contributed by atoms with van der Waals surface area (Å²) in [5, 5.41) is 8.64. The van der Waals surface area contributed by atoms with Gasteiger partial charge in [0.25, 0.3) is 11.8 Å². The maximum atomic E-state index is 13.7. The summed E-state index contributed by atoms with van der Waals surface area (Å²) in [6.45, 7) is 6.45. The Morgan fingerprint density at radius 3 is 2.39 bits per heavy atom. The Bertz CT molecular complexity index is 1390. The molecule has 0 atom stereocenters. The minimum atomic E-state index is -4.56. The highest BCUT2D eigenvalue weighted by Gasteiger charge is 2.32. The molecule has 2 heterocycles. The van der Waals surface area contributed by atoms with Crippen molar-refractivity contribution in [2.24, 2.45) is 0 Å². The first-order chi connectivity index (χ1) is 19.5. The molecule has 3 N–H and O–H groups in total. The van der Waals surface area contributed by atoms with Crippen LogP contribution in [0.3, 0.4) is 0 Å². The molecule has 1 fully saturated rings. The number of carbonyl (C=O) groups is 2. The number of benzene rings is 2. The molecule has 0 spiro atoms. The van der Waals surface area contributed by atoms with Crippen molar-refractivity contribution >= 4 is 17.5 Å². The number of amides is 2. The molecule has 8 nitrogen and oxygen atoms in total. The maximum Gasteiger partial charge on any atom is 0.416 e. The number of carbonyl (C=O) groups excluding carboxylic acids is 2. The van der Waals surface area contributed by atoms with E-state index in [0.29, 0.717) is 36.6 Å². The zero-order valence-corrected chi connectivity index (χ0v) is 23.4. The van der Waals surface area contributed by atoms with Gasteiger partial charge in [-0.2, -0.15) is 13.2 Å². The summed E-state index contributed by atoms with van der Waals surface area (Å²) in [7, 11) is 3.56. The summed E-state index contributed by atoms with van der Waals surface area (Å²) in [6, 6.07) is 12.5. The lowest BCUT2D eigenvalue weighted by molar-refractivity contribution is -0.137. The molecule has 41 heavy (non-hydrogen) atoms. The molecule has 1 saturated heterocycles. The van der Waals surface area contributed by atoms with Crippen LogP contribution in [0.2, 0.25) is 0 Å². The van der Waals surface area contributed by atoms with E-state index in [4.69, 9.17) is 0 Å². The van der Waals surface area contributed by atoms with Crippen LogP contribution in [0.4, 0.5) is 18.9 Å². The number of piperazine rings is 1. The molecule has 2 aromatic carbocycles. The van der Waals surface area contributed by atoms with Crippen LogP contribution in [-0.2, 0) is 25.8 Å². The van der Waals surface area contributed by atoms with E-state index in [2.05, 4.69) is 30.7 Å². The molecule has 3 aromatic rings. The summed E-state index contributed by atoms with van der Waals surface area (Å²) in [6.07, 6.45) is -2.99. The van der Waals surface area contributed by atoms with Gasteiger partial charge in [-0.15, -0.1) is 0 Å². The first-order valence-corrected chi connectivity index (χ1v) is 13.4. The fourth-order valence-electron chi connectivity index (χ4n) is 4.66. The van der Waals surface area contributed by atoms with Gasteiger partial charge >= 0.3 is 6.18 Å². The van der Waals surface area contributed by atoms with E-state index in [1.165, 1.54) is 0 Å². The molecule has 1 aliphatic rings.